The van der Waals surface area contributed by atoms with Crippen molar-refractivity contribution in [1.29, 1.82) is 0 Å². The highest BCUT2D eigenvalue weighted by Crippen LogP contribution is 2.27. The number of hydrogen-bond acceptors (Lipinski definition) is 3. The van der Waals surface area contributed by atoms with Crippen LogP contribution >= 0.6 is 0 Å². The summed E-state index contributed by atoms with van der Waals surface area (Å²) < 4.78 is 11.0. The van der Waals surface area contributed by atoms with Crippen molar-refractivity contribution >= 4 is 0 Å². The van der Waals surface area contributed by atoms with Crippen LogP contribution in [0.15, 0.2) is 18.2 Å². The lowest BCUT2D eigenvalue weighted by Gasteiger charge is -2.13. The number of phenolic OH excluding ortho intramolecular Hbond substituents is 1. The van der Waals surface area contributed by atoms with Gasteiger partial charge >= 0.3 is 0 Å². The first kappa shape index (κ1) is 13.8. The molecule has 0 aromatic heterocycles. The maximum Gasteiger partial charge on any atom is 0.161 e. The first-order valence-corrected chi connectivity index (χ1v) is 6.23. The Morgan fingerprint density at radius 3 is 2.71 bits per heavy atom. The Labute approximate surface area is 103 Å². The van der Waals surface area contributed by atoms with Gasteiger partial charge in [0.25, 0.3) is 0 Å². The molecule has 17 heavy (non-hydrogen) atoms. The molecule has 3 heteroatoms. The third-order valence-corrected chi connectivity index (χ3v) is 2.55. The predicted octanol–water partition coefficient (Wildman–Crippen LogP) is 3.50. The molecular weight excluding hydrogens is 216 g/mol. The molecule has 0 heterocycles. The van der Waals surface area contributed by atoms with Gasteiger partial charge in [-0.25, -0.2) is 0 Å². The number of rotatable bonds is 7. The Kier molecular flexibility index (Phi) is 5.84. The smallest absolute Gasteiger partial charge is 0.161 e. The molecule has 0 saturated carbocycles. The SMILES string of the molecule is CCCC(C)OCc1ccc(O)c(OCC)c1. The van der Waals surface area contributed by atoms with Crippen LogP contribution in [0.25, 0.3) is 0 Å². The molecule has 0 amide bonds. The summed E-state index contributed by atoms with van der Waals surface area (Å²) in [6.07, 6.45) is 2.46. The highest BCUT2D eigenvalue weighted by Gasteiger charge is 2.05. The van der Waals surface area contributed by atoms with E-state index >= 15 is 0 Å². The summed E-state index contributed by atoms with van der Waals surface area (Å²) >= 11 is 0. The summed E-state index contributed by atoms with van der Waals surface area (Å²) in [6, 6.07) is 5.34. The van der Waals surface area contributed by atoms with Crippen LogP contribution in [0.1, 0.15) is 39.2 Å². The molecule has 0 fully saturated rings. The van der Waals surface area contributed by atoms with Crippen LogP contribution in [-0.2, 0) is 11.3 Å². The third kappa shape index (κ3) is 4.65. The Morgan fingerprint density at radius 1 is 1.29 bits per heavy atom. The Balaban J connectivity index is 2.56. The zero-order valence-corrected chi connectivity index (χ0v) is 10.9. The van der Waals surface area contributed by atoms with Crippen molar-refractivity contribution in [3.63, 3.8) is 0 Å². The van der Waals surface area contributed by atoms with Crippen molar-refractivity contribution in [2.45, 2.75) is 46.3 Å². The largest absolute Gasteiger partial charge is 0.504 e. The molecule has 0 bridgehead atoms. The summed E-state index contributed by atoms with van der Waals surface area (Å²) in [4.78, 5) is 0. The fourth-order valence-corrected chi connectivity index (χ4v) is 1.65. The number of aromatic hydroxyl groups is 1. The summed E-state index contributed by atoms with van der Waals surface area (Å²) in [5.74, 6) is 0.703. The average molecular weight is 238 g/mol. The van der Waals surface area contributed by atoms with Gasteiger partial charge in [-0.15, -0.1) is 0 Å². The maximum atomic E-state index is 9.56. The number of phenols is 1. The van der Waals surface area contributed by atoms with Crippen LogP contribution in [0.5, 0.6) is 11.5 Å². The molecule has 0 aliphatic heterocycles. The van der Waals surface area contributed by atoms with Crippen molar-refractivity contribution < 1.29 is 14.6 Å². The minimum atomic E-state index is 0.178. The lowest BCUT2D eigenvalue weighted by molar-refractivity contribution is 0.0470. The third-order valence-electron chi connectivity index (χ3n) is 2.55. The van der Waals surface area contributed by atoms with Crippen molar-refractivity contribution in [3.05, 3.63) is 23.8 Å². The van der Waals surface area contributed by atoms with E-state index in [1.165, 1.54) is 0 Å². The normalized spacial score (nSPS) is 12.4. The van der Waals surface area contributed by atoms with Crippen LogP contribution in [0, 0.1) is 0 Å². The van der Waals surface area contributed by atoms with E-state index in [1.807, 2.05) is 19.1 Å². The van der Waals surface area contributed by atoms with Gasteiger partial charge in [0.05, 0.1) is 19.3 Å². The first-order valence-electron chi connectivity index (χ1n) is 6.23. The van der Waals surface area contributed by atoms with E-state index in [2.05, 4.69) is 13.8 Å². The standard InChI is InChI=1S/C14H22O3/c1-4-6-11(3)17-10-12-7-8-13(15)14(9-12)16-5-2/h7-9,11,15H,4-6,10H2,1-3H3. The lowest BCUT2D eigenvalue weighted by Crippen LogP contribution is -2.07. The molecule has 1 rings (SSSR count). The molecule has 1 unspecified atom stereocenters. The summed E-state index contributed by atoms with van der Waals surface area (Å²) in [7, 11) is 0. The van der Waals surface area contributed by atoms with Gasteiger partial charge in [-0.2, -0.15) is 0 Å². The Morgan fingerprint density at radius 2 is 2.06 bits per heavy atom. The molecule has 1 aromatic carbocycles. The topological polar surface area (TPSA) is 38.7 Å². The van der Waals surface area contributed by atoms with Gasteiger partial charge in [0.2, 0.25) is 0 Å². The summed E-state index contributed by atoms with van der Waals surface area (Å²) in [5.41, 5.74) is 1.02. The van der Waals surface area contributed by atoms with Crippen molar-refractivity contribution in [2.75, 3.05) is 6.61 Å². The van der Waals surface area contributed by atoms with Crippen LogP contribution in [0.2, 0.25) is 0 Å². The first-order chi connectivity index (χ1) is 8.17. The molecule has 1 N–H and O–H groups in total. The van der Waals surface area contributed by atoms with Gasteiger partial charge in [0.15, 0.2) is 11.5 Å². The molecule has 96 valence electrons. The van der Waals surface area contributed by atoms with Crippen LogP contribution < -0.4 is 4.74 Å². The minimum Gasteiger partial charge on any atom is -0.504 e. The average Bonchev–Trinajstić information content (AvgIpc) is 2.31. The maximum absolute atomic E-state index is 9.56. The second kappa shape index (κ2) is 7.17. The number of hydrogen-bond donors (Lipinski definition) is 1. The fraction of sp³-hybridized carbons (Fsp3) is 0.571. The monoisotopic (exact) mass is 238 g/mol. The van der Waals surface area contributed by atoms with Crippen LogP contribution in [-0.4, -0.2) is 17.8 Å². The van der Waals surface area contributed by atoms with E-state index < -0.39 is 0 Å². The molecule has 1 atom stereocenters. The minimum absolute atomic E-state index is 0.178. The number of ether oxygens (including phenoxy) is 2. The zero-order chi connectivity index (χ0) is 12.7. The molecule has 0 spiro atoms. The zero-order valence-electron chi connectivity index (χ0n) is 10.9. The number of benzene rings is 1. The van der Waals surface area contributed by atoms with Gasteiger partial charge in [-0.3, -0.25) is 0 Å². The van der Waals surface area contributed by atoms with Gasteiger partial charge in [0.1, 0.15) is 0 Å². The molecule has 0 aliphatic rings. The second-order valence-corrected chi connectivity index (χ2v) is 4.15. The van der Waals surface area contributed by atoms with E-state index in [9.17, 15) is 5.11 Å². The molecule has 0 radical (unpaired) electrons. The van der Waals surface area contributed by atoms with Gasteiger partial charge < -0.3 is 14.6 Å². The summed E-state index contributed by atoms with van der Waals surface area (Å²) in [5, 5.41) is 9.56. The van der Waals surface area contributed by atoms with E-state index in [0.717, 1.165) is 18.4 Å². The highest BCUT2D eigenvalue weighted by atomic mass is 16.5. The quantitative estimate of drug-likeness (QED) is 0.790. The molecule has 0 saturated heterocycles. The van der Waals surface area contributed by atoms with Gasteiger partial charge in [0, 0.05) is 0 Å². The summed E-state index contributed by atoms with van der Waals surface area (Å²) in [6.45, 7) is 7.22. The van der Waals surface area contributed by atoms with E-state index in [4.69, 9.17) is 9.47 Å². The highest BCUT2D eigenvalue weighted by molar-refractivity contribution is 5.41. The molecular formula is C14H22O3. The lowest BCUT2D eigenvalue weighted by atomic mass is 10.2. The molecule has 0 aliphatic carbocycles. The molecule has 1 aromatic rings. The Hall–Kier alpha value is -1.22. The van der Waals surface area contributed by atoms with Gasteiger partial charge in [-0.1, -0.05) is 19.4 Å². The molecule has 3 nitrogen and oxygen atoms in total. The Bertz CT molecular complexity index is 336. The van der Waals surface area contributed by atoms with Gasteiger partial charge in [-0.05, 0) is 38.0 Å². The van der Waals surface area contributed by atoms with E-state index in [-0.39, 0.29) is 11.9 Å². The fourth-order valence-electron chi connectivity index (χ4n) is 1.65. The van der Waals surface area contributed by atoms with Crippen LogP contribution in [0.4, 0.5) is 0 Å². The van der Waals surface area contributed by atoms with Crippen molar-refractivity contribution in [2.24, 2.45) is 0 Å². The van der Waals surface area contributed by atoms with Crippen molar-refractivity contribution in [1.82, 2.24) is 0 Å². The van der Waals surface area contributed by atoms with E-state index in [1.54, 1.807) is 6.07 Å². The van der Waals surface area contributed by atoms with Crippen molar-refractivity contribution in [3.8, 4) is 11.5 Å². The predicted molar refractivity (Wildman–Crippen MR) is 68.4 cm³/mol. The van der Waals surface area contributed by atoms with Crippen LogP contribution in [0.3, 0.4) is 0 Å². The second-order valence-electron chi connectivity index (χ2n) is 4.15. The van der Waals surface area contributed by atoms with E-state index in [0.29, 0.717) is 19.0 Å².